The minimum atomic E-state index is -0.802. The van der Waals surface area contributed by atoms with Crippen molar-refractivity contribution in [1.82, 2.24) is 9.80 Å². The fourth-order valence-corrected chi connectivity index (χ4v) is 3.59. The van der Waals surface area contributed by atoms with E-state index in [1.54, 1.807) is 24.3 Å². The summed E-state index contributed by atoms with van der Waals surface area (Å²) in [7, 11) is 0. The lowest BCUT2D eigenvalue weighted by atomic mass is 10.1. The van der Waals surface area contributed by atoms with Crippen molar-refractivity contribution < 1.29 is 28.7 Å². The van der Waals surface area contributed by atoms with Crippen LogP contribution >= 0.6 is 0 Å². The molecule has 0 unspecified atom stereocenters. The Labute approximate surface area is 173 Å². The third-order valence-electron chi connectivity index (χ3n) is 5.17. The van der Waals surface area contributed by atoms with Crippen LogP contribution in [0.15, 0.2) is 54.6 Å². The molecule has 8 heteroatoms. The number of hydrogen-bond acceptors (Lipinski definition) is 6. The van der Waals surface area contributed by atoms with Crippen molar-refractivity contribution in [1.29, 1.82) is 0 Å². The molecule has 0 spiro atoms. The van der Waals surface area contributed by atoms with Gasteiger partial charge in [-0.25, -0.2) is 9.59 Å². The number of ether oxygens (including phenoxy) is 2. The highest BCUT2D eigenvalue weighted by molar-refractivity contribution is 6.21. The summed E-state index contributed by atoms with van der Waals surface area (Å²) in [6.45, 7) is 0.0687. The average Bonchev–Trinajstić information content (AvgIpc) is 3.26. The molecule has 0 radical (unpaired) electrons. The summed E-state index contributed by atoms with van der Waals surface area (Å²) in [5.41, 5.74) is 1.60. The predicted octanol–water partition coefficient (Wildman–Crippen LogP) is 2.58. The number of benzene rings is 2. The molecular formula is C22H20N2O6. The van der Waals surface area contributed by atoms with Gasteiger partial charge in [-0.2, -0.15) is 0 Å². The fourth-order valence-electron chi connectivity index (χ4n) is 3.59. The number of carbonyl (C=O) groups is 4. The zero-order valence-electron chi connectivity index (χ0n) is 16.2. The largest absolute Gasteiger partial charge is 0.444 e. The highest BCUT2D eigenvalue weighted by Crippen LogP contribution is 2.24. The van der Waals surface area contributed by atoms with Gasteiger partial charge in [0.1, 0.15) is 12.6 Å². The van der Waals surface area contributed by atoms with E-state index in [0.29, 0.717) is 17.5 Å². The summed E-state index contributed by atoms with van der Waals surface area (Å²) in [5.74, 6) is -1.21. The number of amides is 3. The van der Waals surface area contributed by atoms with Crippen LogP contribution < -0.4 is 0 Å². The van der Waals surface area contributed by atoms with Crippen molar-refractivity contribution in [3.05, 3.63) is 71.3 Å². The van der Waals surface area contributed by atoms with E-state index in [1.165, 1.54) is 9.80 Å². The Morgan fingerprint density at radius 2 is 1.60 bits per heavy atom. The molecule has 2 aromatic rings. The molecule has 0 saturated carbocycles. The Balaban J connectivity index is 1.32. The summed E-state index contributed by atoms with van der Waals surface area (Å²) in [6.07, 6.45) is -0.0316. The first kappa shape index (κ1) is 19.6. The van der Waals surface area contributed by atoms with E-state index in [4.69, 9.17) is 9.47 Å². The van der Waals surface area contributed by atoms with E-state index >= 15 is 0 Å². The van der Waals surface area contributed by atoms with Crippen molar-refractivity contribution >= 4 is 23.9 Å². The number of carbonyl (C=O) groups excluding carboxylic acids is 4. The summed E-state index contributed by atoms with van der Waals surface area (Å²) in [6, 6.07) is 15.1. The Bertz CT molecular complexity index is 955. The maximum atomic E-state index is 12.4. The van der Waals surface area contributed by atoms with E-state index in [9.17, 15) is 19.2 Å². The van der Waals surface area contributed by atoms with Crippen LogP contribution in [-0.2, 0) is 20.9 Å². The fraction of sp³-hybridized carbons (Fsp3) is 0.273. The molecule has 3 amide bonds. The van der Waals surface area contributed by atoms with E-state index in [-0.39, 0.29) is 38.1 Å². The van der Waals surface area contributed by atoms with Crippen LogP contribution in [-0.4, -0.2) is 53.0 Å². The third kappa shape index (κ3) is 3.76. The normalized spacial score (nSPS) is 17.9. The van der Waals surface area contributed by atoms with Gasteiger partial charge in [-0.15, -0.1) is 0 Å². The van der Waals surface area contributed by atoms with Crippen LogP contribution in [0.4, 0.5) is 4.79 Å². The Morgan fingerprint density at radius 1 is 0.967 bits per heavy atom. The quantitative estimate of drug-likeness (QED) is 0.539. The van der Waals surface area contributed by atoms with Gasteiger partial charge in [-0.05, 0) is 30.5 Å². The molecule has 0 aliphatic carbocycles. The monoisotopic (exact) mass is 408 g/mol. The van der Waals surface area contributed by atoms with Gasteiger partial charge in [0.25, 0.3) is 11.8 Å². The van der Waals surface area contributed by atoms with E-state index in [2.05, 4.69) is 0 Å². The lowest BCUT2D eigenvalue weighted by Crippen LogP contribution is -2.39. The van der Waals surface area contributed by atoms with Crippen LogP contribution in [0.3, 0.4) is 0 Å². The van der Waals surface area contributed by atoms with E-state index < -0.39 is 18.1 Å². The lowest BCUT2D eigenvalue weighted by Gasteiger charge is -2.20. The minimum absolute atomic E-state index is 0.0894. The highest BCUT2D eigenvalue weighted by atomic mass is 16.6. The lowest BCUT2D eigenvalue weighted by molar-refractivity contribution is -0.139. The van der Waals surface area contributed by atoms with Crippen LogP contribution in [0.2, 0.25) is 0 Å². The van der Waals surface area contributed by atoms with Gasteiger partial charge in [0, 0.05) is 6.54 Å². The molecule has 8 nitrogen and oxygen atoms in total. The second kappa shape index (κ2) is 8.36. The molecule has 0 N–H and O–H groups in total. The maximum absolute atomic E-state index is 12.4. The van der Waals surface area contributed by atoms with Crippen LogP contribution in [0.25, 0.3) is 0 Å². The number of cyclic esters (lactones) is 1. The van der Waals surface area contributed by atoms with Gasteiger partial charge in [-0.1, -0.05) is 42.5 Å². The molecule has 4 rings (SSSR count). The van der Waals surface area contributed by atoms with Crippen molar-refractivity contribution in [3.8, 4) is 0 Å². The first-order valence-corrected chi connectivity index (χ1v) is 9.65. The third-order valence-corrected chi connectivity index (χ3v) is 5.17. The van der Waals surface area contributed by atoms with Crippen molar-refractivity contribution in [2.24, 2.45) is 0 Å². The number of rotatable bonds is 6. The summed E-state index contributed by atoms with van der Waals surface area (Å²) < 4.78 is 10.3. The molecule has 1 atom stereocenters. The van der Waals surface area contributed by atoms with Crippen molar-refractivity contribution in [2.75, 3.05) is 13.3 Å². The SMILES string of the molecule is O=C1OCN(C(=O)OCc2ccccc2)[C@H]1CCCN1C(=O)c2ccccc2C1=O. The van der Waals surface area contributed by atoms with E-state index in [1.807, 2.05) is 30.3 Å². The van der Waals surface area contributed by atoms with Gasteiger partial charge >= 0.3 is 12.1 Å². The number of esters is 1. The molecule has 1 fully saturated rings. The van der Waals surface area contributed by atoms with Crippen LogP contribution in [0, 0.1) is 0 Å². The molecule has 2 aliphatic rings. The van der Waals surface area contributed by atoms with Crippen molar-refractivity contribution in [2.45, 2.75) is 25.5 Å². The molecule has 2 aliphatic heterocycles. The number of fused-ring (bicyclic) bond motifs is 1. The first-order chi connectivity index (χ1) is 14.6. The summed E-state index contributed by atoms with van der Waals surface area (Å²) >= 11 is 0. The second-order valence-electron chi connectivity index (χ2n) is 7.07. The Hall–Kier alpha value is -3.68. The second-order valence-corrected chi connectivity index (χ2v) is 7.07. The topological polar surface area (TPSA) is 93.2 Å². The first-order valence-electron chi connectivity index (χ1n) is 9.65. The number of nitrogens with zero attached hydrogens (tertiary/aromatic N) is 2. The van der Waals surface area contributed by atoms with Gasteiger partial charge in [0.15, 0.2) is 6.73 Å². The molecular weight excluding hydrogens is 388 g/mol. The smallest absolute Gasteiger partial charge is 0.413 e. The molecule has 0 aromatic heterocycles. The summed E-state index contributed by atoms with van der Waals surface area (Å²) in [5, 5.41) is 0. The van der Waals surface area contributed by atoms with Crippen LogP contribution in [0.5, 0.6) is 0 Å². The van der Waals surface area contributed by atoms with Gasteiger partial charge in [0.05, 0.1) is 11.1 Å². The molecule has 154 valence electrons. The van der Waals surface area contributed by atoms with Gasteiger partial charge in [-0.3, -0.25) is 19.4 Å². The zero-order valence-corrected chi connectivity index (χ0v) is 16.2. The highest BCUT2D eigenvalue weighted by Gasteiger charge is 2.39. The van der Waals surface area contributed by atoms with Crippen molar-refractivity contribution in [3.63, 3.8) is 0 Å². The number of hydrogen-bond donors (Lipinski definition) is 0. The maximum Gasteiger partial charge on any atom is 0.413 e. The molecule has 2 aromatic carbocycles. The molecule has 1 saturated heterocycles. The average molecular weight is 408 g/mol. The Kier molecular flexibility index (Phi) is 5.47. The zero-order chi connectivity index (χ0) is 21.1. The van der Waals surface area contributed by atoms with E-state index in [0.717, 1.165) is 5.56 Å². The minimum Gasteiger partial charge on any atom is -0.444 e. The molecule has 30 heavy (non-hydrogen) atoms. The molecule has 2 heterocycles. The standard InChI is InChI=1S/C22H20N2O6/c25-19-16-9-4-5-10-17(16)20(26)23(19)12-6-11-18-21(27)30-14-24(18)22(28)29-13-15-7-2-1-3-8-15/h1-5,7-10,18H,6,11-14H2/t18-/m0/s1. The van der Waals surface area contributed by atoms with Gasteiger partial charge < -0.3 is 9.47 Å². The predicted molar refractivity (Wildman–Crippen MR) is 104 cm³/mol. The van der Waals surface area contributed by atoms with Gasteiger partial charge in [0.2, 0.25) is 0 Å². The molecule has 0 bridgehead atoms. The Morgan fingerprint density at radius 3 is 2.27 bits per heavy atom. The van der Waals surface area contributed by atoms with Crippen LogP contribution in [0.1, 0.15) is 39.1 Å². The number of imide groups is 1. The summed E-state index contributed by atoms with van der Waals surface area (Å²) in [4.78, 5) is 51.7.